The van der Waals surface area contributed by atoms with Gasteiger partial charge in [-0.1, -0.05) is 11.8 Å². The van der Waals surface area contributed by atoms with Crippen LogP contribution in [-0.4, -0.2) is 45.4 Å². The molecule has 0 bridgehead atoms. The number of carbonyl (C=O) groups excluding carboxylic acids is 1. The maximum absolute atomic E-state index is 11.2. The lowest BCUT2D eigenvalue weighted by Gasteiger charge is -2.08. The zero-order valence-electron chi connectivity index (χ0n) is 7.89. The third-order valence-electron chi connectivity index (χ3n) is 1.49. The van der Waals surface area contributed by atoms with Crippen molar-refractivity contribution in [3.8, 4) is 0 Å². The van der Waals surface area contributed by atoms with Crippen LogP contribution in [0, 0.1) is 0 Å². The minimum absolute atomic E-state index is 0.0769. The summed E-state index contributed by atoms with van der Waals surface area (Å²) < 4.78 is 1.79. The van der Waals surface area contributed by atoms with E-state index in [4.69, 9.17) is 0 Å². The zero-order chi connectivity index (χ0) is 9.84. The van der Waals surface area contributed by atoms with Gasteiger partial charge in [0.05, 0.1) is 5.75 Å². The normalized spacial score (nSPS) is 10.1. The van der Waals surface area contributed by atoms with Crippen LogP contribution in [0.15, 0.2) is 11.5 Å². The average Bonchev–Trinajstić information content (AvgIpc) is 2.47. The molecule has 6 heteroatoms. The molecule has 0 radical (unpaired) electrons. The van der Waals surface area contributed by atoms with Crippen molar-refractivity contribution in [1.29, 1.82) is 0 Å². The second-order valence-electron chi connectivity index (χ2n) is 2.80. The van der Waals surface area contributed by atoms with Gasteiger partial charge in [0.25, 0.3) is 0 Å². The molecule has 1 amide bonds. The molecule has 1 aromatic rings. The molecule has 0 saturated heterocycles. The largest absolute Gasteiger partial charge is 0.348 e. The van der Waals surface area contributed by atoms with E-state index in [0.29, 0.717) is 5.75 Å². The van der Waals surface area contributed by atoms with Gasteiger partial charge < -0.3 is 9.47 Å². The monoisotopic (exact) mass is 200 g/mol. The van der Waals surface area contributed by atoms with E-state index in [1.54, 1.807) is 29.9 Å². The predicted molar refractivity (Wildman–Crippen MR) is 50.4 cm³/mol. The summed E-state index contributed by atoms with van der Waals surface area (Å²) in [5, 5.41) is 8.32. The third-order valence-corrected chi connectivity index (χ3v) is 2.51. The van der Waals surface area contributed by atoms with Crippen molar-refractivity contribution in [2.75, 3.05) is 19.8 Å². The molecule has 5 nitrogen and oxygen atoms in total. The van der Waals surface area contributed by atoms with E-state index in [0.717, 1.165) is 5.16 Å². The Bertz CT molecular complexity index is 296. The molecule has 0 unspecified atom stereocenters. The predicted octanol–water partition coefficient (Wildman–Crippen LogP) is -0.00460. The van der Waals surface area contributed by atoms with Crippen molar-refractivity contribution < 1.29 is 4.79 Å². The molecular weight excluding hydrogens is 188 g/mol. The van der Waals surface area contributed by atoms with Crippen molar-refractivity contribution in [2.45, 2.75) is 5.16 Å². The van der Waals surface area contributed by atoms with Gasteiger partial charge in [0.15, 0.2) is 5.16 Å². The number of aryl methyl sites for hydroxylation is 1. The van der Waals surface area contributed by atoms with Gasteiger partial charge in [-0.05, 0) is 0 Å². The summed E-state index contributed by atoms with van der Waals surface area (Å²) in [4.78, 5) is 12.8. The van der Waals surface area contributed by atoms with E-state index in [-0.39, 0.29) is 5.91 Å². The summed E-state index contributed by atoms with van der Waals surface area (Å²) in [6.45, 7) is 0. The number of aromatic nitrogens is 3. The van der Waals surface area contributed by atoms with Gasteiger partial charge in [0, 0.05) is 21.1 Å². The van der Waals surface area contributed by atoms with Crippen molar-refractivity contribution in [1.82, 2.24) is 19.7 Å². The second-order valence-corrected chi connectivity index (χ2v) is 3.74. The summed E-state index contributed by atoms with van der Waals surface area (Å²) in [6.07, 6.45) is 1.61. The van der Waals surface area contributed by atoms with E-state index < -0.39 is 0 Å². The SMILES string of the molecule is CN(C)C(=O)CSc1nncn1C. The molecule has 1 aromatic heterocycles. The van der Waals surface area contributed by atoms with Crippen molar-refractivity contribution >= 4 is 17.7 Å². The fourth-order valence-electron chi connectivity index (χ4n) is 0.659. The van der Waals surface area contributed by atoms with E-state index in [1.807, 2.05) is 7.05 Å². The number of amides is 1. The van der Waals surface area contributed by atoms with E-state index in [2.05, 4.69) is 10.2 Å². The van der Waals surface area contributed by atoms with Crippen LogP contribution in [0.5, 0.6) is 0 Å². The molecule has 72 valence electrons. The Morgan fingerprint density at radius 1 is 1.69 bits per heavy atom. The van der Waals surface area contributed by atoms with Crippen molar-refractivity contribution in [3.05, 3.63) is 6.33 Å². The van der Waals surface area contributed by atoms with Gasteiger partial charge >= 0.3 is 0 Å². The van der Waals surface area contributed by atoms with Crippen molar-refractivity contribution in [3.63, 3.8) is 0 Å². The molecular formula is C7H12N4OS. The van der Waals surface area contributed by atoms with Crippen LogP contribution in [0.3, 0.4) is 0 Å². The summed E-state index contributed by atoms with van der Waals surface area (Å²) in [5.74, 6) is 0.479. The number of nitrogens with zero attached hydrogens (tertiary/aromatic N) is 4. The number of hydrogen-bond donors (Lipinski definition) is 0. The van der Waals surface area contributed by atoms with Crippen LogP contribution in [-0.2, 0) is 11.8 Å². The first-order valence-electron chi connectivity index (χ1n) is 3.78. The molecule has 0 aliphatic carbocycles. The lowest BCUT2D eigenvalue weighted by molar-refractivity contribution is -0.125. The first kappa shape index (κ1) is 10.0. The van der Waals surface area contributed by atoms with Crippen molar-refractivity contribution in [2.24, 2.45) is 7.05 Å². The summed E-state index contributed by atoms with van der Waals surface area (Å²) >= 11 is 1.39. The molecule has 0 spiro atoms. The minimum Gasteiger partial charge on any atom is -0.348 e. The van der Waals surface area contributed by atoms with Gasteiger partial charge in [-0.2, -0.15) is 0 Å². The van der Waals surface area contributed by atoms with Crippen LogP contribution < -0.4 is 0 Å². The molecule has 0 aliphatic rings. The highest BCUT2D eigenvalue weighted by atomic mass is 32.2. The molecule has 0 saturated carbocycles. The first-order valence-corrected chi connectivity index (χ1v) is 4.76. The number of rotatable bonds is 3. The van der Waals surface area contributed by atoms with Gasteiger partial charge in [0.2, 0.25) is 5.91 Å². The van der Waals surface area contributed by atoms with E-state index >= 15 is 0 Å². The summed E-state index contributed by atoms with van der Waals surface area (Å²) in [6, 6.07) is 0. The summed E-state index contributed by atoms with van der Waals surface area (Å²) in [7, 11) is 5.32. The quantitative estimate of drug-likeness (QED) is 0.644. The Kier molecular flexibility index (Phi) is 3.30. The number of thioether (sulfide) groups is 1. The van der Waals surface area contributed by atoms with E-state index in [1.165, 1.54) is 11.8 Å². The zero-order valence-corrected chi connectivity index (χ0v) is 8.71. The topological polar surface area (TPSA) is 51.0 Å². The Balaban J connectivity index is 2.44. The average molecular weight is 200 g/mol. The Labute approximate surface area is 81.1 Å². The highest BCUT2D eigenvalue weighted by molar-refractivity contribution is 7.99. The van der Waals surface area contributed by atoms with Crippen LogP contribution >= 0.6 is 11.8 Å². The van der Waals surface area contributed by atoms with Crippen LogP contribution in [0.1, 0.15) is 0 Å². The molecule has 1 heterocycles. The van der Waals surface area contributed by atoms with Crippen LogP contribution in [0.2, 0.25) is 0 Å². The fraction of sp³-hybridized carbons (Fsp3) is 0.571. The molecule has 0 aliphatic heterocycles. The van der Waals surface area contributed by atoms with Crippen LogP contribution in [0.4, 0.5) is 0 Å². The first-order chi connectivity index (χ1) is 6.11. The lowest BCUT2D eigenvalue weighted by Crippen LogP contribution is -2.23. The molecule has 0 N–H and O–H groups in total. The highest BCUT2D eigenvalue weighted by Crippen LogP contribution is 2.12. The molecule has 13 heavy (non-hydrogen) atoms. The third kappa shape index (κ3) is 2.73. The molecule has 0 fully saturated rings. The standard InChI is InChI=1S/C7H12N4OS/c1-10(2)6(12)4-13-7-9-8-5-11(7)3/h5H,4H2,1-3H3. The molecule has 0 atom stereocenters. The number of hydrogen-bond acceptors (Lipinski definition) is 4. The Morgan fingerprint density at radius 3 is 2.85 bits per heavy atom. The highest BCUT2D eigenvalue weighted by Gasteiger charge is 2.07. The fourth-order valence-corrected chi connectivity index (χ4v) is 1.53. The van der Waals surface area contributed by atoms with Gasteiger partial charge in [-0.3, -0.25) is 4.79 Å². The smallest absolute Gasteiger partial charge is 0.232 e. The minimum atomic E-state index is 0.0769. The molecule has 1 rings (SSSR count). The van der Waals surface area contributed by atoms with E-state index in [9.17, 15) is 4.79 Å². The maximum atomic E-state index is 11.2. The van der Waals surface area contributed by atoms with Gasteiger partial charge in [-0.25, -0.2) is 0 Å². The van der Waals surface area contributed by atoms with Gasteiger partial charge in [0.1, 0.15) is 6.33 Å². The molecule has 0 aromatic carbocycles. The Hall–Kier alpha value is -1.04. The maximum Gasteiger partial charge on any atom is 0.232 e. The number of carbonyl (C=O) groups is 1. The van der Waals surface area contributed by atoms with Crippen LogP contribution in [0.25, 0.3) is 0 Å². The summed E-state index contributed by atoms with van der Waals surface area (Å²) in [5.41, 5.74) is 0. The second kappa shape index (κ2) is 4.27. The van der Waals surface area contributed by atoms with Gasteiger partial charge in [-0.15, -0.1) is 10.2 Å². The lowest BCUT2D eigenvalue weighted by atomic mass is 10.6. The Morgan fingerprint density at radius 2 is 2.38 bits per heavy atom.